The van der Waals surface area contributed by atoms with Crippen molar-refractivity contribution in [3.05, 3.63) is 59.1 Å². The summed E-state index contributed by atoms with van der Waals surface area (Å²) in [5.41, 5.74) is 6.95. The van der Waals surface area contributed by atoms with Gasteiger partial charge in [-0.25, -0.2) is 0 Å². The van der Waals surface area contributed by atoms with Gasteiger partial charge in [-0.3, -0.25) is 0 Å². The number of methoxy groups -OCH3 is 1. The summed E-state index contributed by atoms with van der Waals surface area (Å²) >= 11 is 7.93. The Balaban J connectivity index is 2.21. The first kappa shape index (κ1) is 14.3. The molecule has 0 heterocycles. The van der Waals surface area contributed by atoms with Crippen LogP contribution in [0.5, 0.6) is 5.75 Å². The molecule has 4 heteroatoms. The highest BCUT2D eigenvalue weighted by Gasteiger charge is 2.14. The highest BCUT2D eigenvalue weighted by Crippen LogP contribution is 2.38. The predicted octanol–water partition coefficient (Wildman–Crippen LogP) is 4.14. The van der Waals surface area contributed by atoms with Crippen molar-refractivity contribution in [1.82, 2.24) is 0 Å². The SMILES string of the molecule is COc1cccc(SC(CN)c2ccccc2Cl)c1. The summed E-state index contributed by atoms with van der Waals surface area (Å²) in [7, 11) is 1.66. The second-order valence-electron chi connectivity index (χ2n) is 4.04. The van der Waals surface area contributed by atoms with Gasteiger partial charge in [-0.2, -0.15) is 0 Å². The van der Waals surface area contributed by atoms with E-state index in [1.165, 1.54) is 0 Å². The fourth-order valence-corrected chi connectivity index (χ4v) is 3.24. The van der Waals surface area contributed by atoms with Crippen molar-refractivity contribution in [3.63, 3.8) is 0 Å². The van der Waals surface area contributed by atoms with E-state index in [1.807, 2.05) is 48.5 Å². The van der Waals surface area contributed by atoms with Crippen LogP contribution in [0.1, 0.15) is 10.8 Å². The van der Waals surface area contributed by atoms with Crippen LogP contribution < -0.4 is 10.5 Å². The lowest BCUT2D eigenvalue weighted by atomic mass is 10.1. The Hall–Kier alpha value is -1.16. The lowest BCUT2D eigenvalue weighted by molar-refractivity contribution is 0.413. The molecule has 0 amide bonds. The van der Waals surface area contributed by atoms with Crippen LogP contribution in [0.25, 0.3) is 0 Å². The molecule has 0 saturated heterocycles. The van der Waals surface area contributed by atoms with Crippen molar-refractivity contribution in [2.75, 3.05) is 13.7 Å². The number of thioether (sulfide) groups is 1. The molecule has 2 N–H and O–H groups in total. The highest BCUT2D eigenvalue weighted by atomic mass is 35.5. The van der Waals surface area contributed by atoms with E-state index in [0.717, 1.165) is 21.2 Å². The fourth-order valence-electron chi connectivity index (χ4n) is 1.81. The van der Waals surface area contributed by atoms with Gasteiger partial charge in [-0.1, -0.05) is 35.9 Å². The number of nitrogens with two attached hydrogens (primary N) is 1. The van der Waals surface area contributed by atoms with Crippen LogP contribution in [0.3, 0.4) is 0 Å². The first-order chi connectivity index (χ1) is 9.24. The first-order valence-corrected chi connectivity index (χ1v) is 7.25. The quantitative estimate of drug-likeness (QED) is 0.842. The largest absolute Gasteiger partial charge is 0.497 e. The maximum Gasteiger partial charge on any atom is 0.119 e. The van der Waals surface area contributed by atoms with Gasteiger partial charge in [0, 0.05) is 21.7 Å². The van der Waals surface area contributed by atoms with E-state index in [4.69, 9.17) is 22.1 Å². The van der Waals surface area contributed by atoms with E-state index in [1.54, 1.807) is 18.9 Å². The summed E-state index contributed by atoms with van der Waals surface area (Å²) in [4.78, 5) is 1.12. The molecule has 0 aromatic heterocycles. The Labute approximate surface area is 122 Å². The third-order valence-electron chi connectivity index (χ3n) is 2.79. The van der Waals surface area contributed by atoms with E-state index < -0.39 is 0 Å². The molecule has 1 atom stereocenters. The third-order valence-corrected chi connectivity index (χ3v) is 4.39. The molecule has 0 aliphatic heterocycles. The minimum atomic E-state index is 0.140. The van der Waals surface area contributed by atoms with Gasteiger partial charge in [0.15, 0.2) is 0 Å². The van der Waals surface area contributed by atoms with E-state index in [-0.39, 0.29) is 5.25 Å². The second-order valence-corrected chi connectivity index (χ2v) is 5.73. The molecule has 0 spiro atoms. The van der Waals surface area contributed by atoms with Gasteiger partial charge >= 0.3 is 0 Å². The van der Waals surface area contributed by atoms with Crippen molar-refractivity contribution in [1.29, 1.82) is 0 Å². The van der Waals surface area contributed by atoms with Crippen LogP contribution in [0, 0.1) is 0 Å². The molecule has 0 saturated carbocycles. The topological polar surface area (TPSA) is 35.2 Å². The van der Waals surface area contributed by atoms with Gasteiger partial charge in [-0.15, -0.1) is 11.8 Å². The van der Waals surface area contributed by atoms with Crippen molar-refractivity contribution >= 4 is 23.4 Å². The number of hydrogen-bond donors (Lipinski definition) is 1. The summed E-state index contributed by atoms with van der Waals surface area (Å²) in [5.74, 6) is 0.847. The van der Waals surface area contributed by atoms with Gasteiger partial charge in [0.05, 0.1) is 7.11 Å². The zero-order chi connectivity index (χ0) is 13.7. The molecule has 0 radical (unpaired) electrons. The van der Waals surface area contributed by atoms with Crippen LogP contribution in [0.15, 0.2) is 53.4 Å². The van der Waals surface area contributed by atoms with E-state index in [2.05, 4.69) is 0 Å². The normalized spacial score (nSPS) is 12.2. The number of halogens is 1. The third kappa shape index (κ3) is 3.66. The maximum absolute atomic E-state index is 6.23. The zero-order valence-electron chi connectivity index (χ0n) is 10.7. The van der Waals surface area contributed by atoms with Gasteiger partial charge < -0.3 is 10.5 Å². The molecule has 1 unspecified atom stereocenters. The molecule has 2 aromatic carbocycles. The average molecular weight is 294 g/mol. The molecule has 2 aromatic rings. The second kappa shape index (κ2) is 6.85. The molecule has 2 rings (SSSR count). The van der Waals surface area contributed by atoms with E-state index in [9.17, 15) is 0 Å². The molecular formula is C15H16ClNOS. The summed E-state index contributed by atoms with van der Waals surface area (Å²) in [5, 5.41) is 0.897. The number of rotatable bonds is 5. The Morgan fingerprint density at radius 1 is 1.21 bits per heavy atom. The number of ether oxygens (including phenoxy) is 1. The smallest absolute Gasteiger partial charge is 0.119 e. The van der Waals surface area contributed by atoms with E-state index >= 15 is 0 Å². The van der Waals surface area contributed by atoms with Crippen LogP contribution >= 0.6 is 23.4 Å². The van der Waals surface area contributed by atoms with Crippen molar-refractivity contribution in [3.8, 4) is 5.75 Å². The Bertz CT molecular complexity index is 547. The fraction of sp³-hybridized carbons (Fsp3) is 0.200. The summed E-state index contributed by atoms with van der Waals surface area (Å²) < 4.78 is 5.23. The minimum Gasteiger partial charge on any atom is -0.497 e. The van der Waals surface area contributed by atoms with Crippen molar-refractivity contribution in [2.45, 2.75) is 10.1 Å². The van der Waals surface area contributed by atoms with Crippen molar-refractivity contribution in [2.24, 2.45) is 5.73 Å². The average Bonchev–Trinajstić information content (AvgIpc) is 2.46. The number of benzene rings is 2. The van der Waals surface area contributed by atoms with Crippen LogP contribution in [-0.4, -0.2) is 13.7 Å². The Morgan fingerprint density at radius 2 is 2.00 bits per heavy atom. The molecular weight excluding hydrogens is 278 g/mol. The van der Waals surface area contributed by atoms with Gasteiger partial charge in [0.1, 0.15) is 5.75 Å². The molecule has 19 heavy (non-hydrogen) atoms. The standard InChI is InChI=1S/C15H16ClNOS/c1-18-11-5-4-6-12(9-11)19-15(10-17)13-7-2-3-8-14(13)16/h2-9,15H,10,17H2,1H3. The molecule has 0 aliphatic rings. The Morgan fingerprint density at radius 3 is 2.68 bits per heavy atom. The number of hydrogen-bond acceptors (Lipinski definition) is 3. The van der Waals surface area contributed by atoms with Crippen LogP contribution in [0.4, 0.5) is 0 Å². The van der Waals surface area contributed by atoms with Crippen LogP contribution in [-0.2, 0) is 0 Å². The van der Waals surface area contributed by atoms with Crippen molar-refractivity contribution < 1.29 is 4.74 Å². The predicted molar refractivity (Wildman–Crippen MR) is 82.1 cm³/mol. The summed E-state index contributed by atoms with van der Waals surface area (Å²) in [6.07, 6.45) is 0. The van der Waals surface area contributed by atoms with Gasteiger partial charge in [0.25, 0.3) is 0 Å². The summed E-state index contributed by atoms with van der Waals surface area (Å²) in [6.45, 7) is 0.533. The van der Waals surface area contributed by atoms with Crippen LogP contribution in [0.2, 0.25) is 5.02 Å². The van der Waals surface area contributed by atoms with E-state index in [0.29, 0.717) is 6.54 Å². The summed E-state index contributed by atoms with van der Waals surface area (Å²) in [6, 6.07) is 15.8. The first-order valence-electron chi connectivity index (χ1n) is 6.00. The monoisotopic (exact) mass is 293 g/mol. The Kier molecular flexibility index (Phi) is 5.14. The molecule has 0 bridgehead atoms. The minimum absolute atomic E-state index is 0.140. The highest BCUT2D eigenvalue weighted by molar-refractivity contribution is 7.99. The molecule has 100 valence electrons. The molecule has 2 nitrogen and oxygen atoms in total. The lowest BCUT2D eigenvalue weighted by Gasteiger charge is -2.16. The van der Waals surface area contributed by atoms with Gasteiger partial charge in [0.2, 0.25) is 0 Å². The zero-order valence-corrected chi connectivity index (χ0v) is 12.2. The molecule has 0 aliphatic carbocycles. The maximum atomic E-state index is 6.23. The lowest BCUT2D eigenvalue weighted by Crippen LogP contribution is -2.09. The van der Waals surface area contributed by atoms with Gasteiger partial charge in [-0.05, 0) is 29.8 Å². The molecule has 0 fully saturated rings.